The predicted molar refractivity (Wildman–Crippen MR) is 130 cm³/mol. The molecule has 2 heterocycles. The Morgan fingerprint density at radius 1 is 1.26 bits per heavy atom. The Labute approximate surface area is 190 Å². The van der Waals surface area contributed by atoms with Gasteiger partial charge in [-0.3, -0.25) is 9.69 Å². The van der Waals surface area contributed by atoms with Crippen molar-refractivity contribution in [3.8, 4) is 6.07 Å². The lowest BCUT2D eigenvalue weighted by molar-refractivity contribution is -0.121. The Morgan fingerprint density at radius 3 is 2.77 bits per heavy atom. The molecule has 1 amide bonds. The summed E-state index contributed by atoms with van der Waals surface area (Å²) in [6.45, 7) is 6.88. The molecular formula is C23H21N5OS2. The zero-order valence-corrected chi connectivity index (χ0v) is 18.9. The van der Waals surface area contributed by atoms with Gasteiger partial charge in [-0.2, -0.15) is 5.26 Å². The SMILES string of the molecule is C=CCN1C(=O)C(=C2Sc3ccccc3N2C)SC1=Nc1cc(C#N)ccc1NCC. The van der Waals surface area contributed by atoms with Crippen molar-refractivity contribution in [2.45, 2.75) is 11.8 Å². The second kappa shape index (κ2) is 8.92. The maximum Gasteiger partial charge on any atom is 0.269 e. The molecule has 156 valence electrons. The van der Waals surface area contributed by atoms with E-state index in [1.165, 1.54) is 11.8 Å². The van der Waals surface area contributed by atoms with E-state index >= 15 is 0 Å². The molecule has 8 heteroatoms. The molecule has 0 saturated carbocycles. The van der Waals surface area contributed by atoms with E-state index < -0.39 is 0 Å². The number of hydrogen-bond donors (Lipinski definition) is 1. The number of amides is 1. The number of anilines is 2. The van der Waals surface area contributed by atoms with Gasteiger partial charge in [0.15, 0.2) is 5.17 Å². The van der Waals surface area contributed by atoms with Crippen LogP contribution in [-0.2, 0) is 4.79 Å². The number of hydrogen-bond acceptors (Lipinski definition) is 7. The van der Waals surface area contributed by atoms with Crippen molar-refractivity contribution in [1.29, 1.82) is 5.26 Å². The van der Waals surface area contributed by atoms with Crippen LogP contribution in [0.3, 0.4) is 0 Å². The van der Waals surface area contributed by atoms with E-state index in [0.29, 0.717) is 27.9 Å². The van der Waals surface area contributed by atoms with Crippen molar-refractivity contribution >= 4 is 51.7 Å². The summed E-state index contributed by atoms with van der Waals surface area (Å²) in [4.78, 5) is 23.6. The molecule has 0 spiro atoms. The summed E-state index contributed by atoms with van der Waals surface area (Å²) in [6, 6.07) is 15.6. The third kappa shape index (κ3) is 3.94. The second-order valence-electron chi connectivity index (χ2n) is 6.84. The highest BCUT2D eigenvalue weighted by Crippen LogP contribution is 2.50. The van der Waals surface area contributed by atoms with Crippen molar-refractivity contribution in [2.24, 2.45) is 4.99 Å². The fourth-order valence-corrected chi connectivity index (χ4v) is 5.69. The van der Waals surface area contributed by atoms with Crippen LogP contribution in [0.25, 0.3) is 0 Å². The minimum atomic E-state index is -0.0905. The lowest BCUT2D eigenvalue weighted by Crippen LogP contribution is -2.29. The molecule has 2 aliphatic heterocycles. The monoisotopic (exact) mass is 447 g/mol. The fourth-order valence-electron chi connectivity index (χ4n) is 3.35. The van der Waals surface area contributed by atoms with Crippen LogP contribution in [0.4, 0.5) is 17.1 Å². The molecule has 0 bridgehead atoms. The number of thioether (sulfide) groups is 2. The van der Waals surface area contributed by atoms with Crippen molar-refractivity contribution in [1.82, 2.24) is 4.90 Å². The van der Waals surface area contributed by atoms with E-state index in [1.54, 1.807) is 34.9 Å². The zero-order valence-electron chi connectivity index (χ0n) is 17.3. The summed E-state index contributed by atoms with van der Waals surface area (Å²) in [5.74, 6) is -0.0905. The molecule has 2 aromatic carbocycles. The van der Waals surface area contributed by atoms with Gasteiger partial charge in [-0.05, 0) is 49.0 Å². The highest BCUT2D eigenvalue weighted by Gasteiger charge is 2.38. The molecule has 2 aromatic rings. The van der Waals surface area contributed by atoms with Gasteiger partial charge in [0.2, 0.25) is 0 Å². The van der Waals surface area contributed by atoms with E-state index in [-0.39, 0.29) is 5.91 Å². The van der Waals surface area contributed by atoms with Gasteiger partial charge in [0.25, 0.3) is 5.91 Å². The van der Waals surface area contributed by atoms with Gasteiger partial charge in [0.05, 0.1) is 33.7 Å². The molecule has 0 aliphatic carbocycles. The van der Waals surface area contributed by atoms with Crippen LogP contribution in [0.2, 0.25) is 0 Å². The lowest BCUT2D eigenvalue weighted by Gasteiger charge is -2.15. The van der Waals surface area contributed by atoms with E-state index in [0.717, 1.165) is 27.8 Å². The lowest BCUT2D eigenvalue weighted by atomic mass is 10.2. The summed E-state index contributed by atoms with van der Waals surface area (Å²) in [6.07, 6.45) is 1.69. The first-order chi connectivity index (χ1) is 15.1. The molecule has 1 fully saturated rings. The number of rotatable bonds is 5. The highest BCUT2D eigenvalue weighted by atomic mass is 32.2. The first kappa shape index (κ1) is 21.1. The van der Waals surface area contributed by atoms with Crippen LogP contribution in [0, 0.1) is 11.3 Å². The van der Waals surface area contributed by atoms with Gasteiger partial charge in [0, 0.05) is 25.0 Å². The first-order valence-electron chi connectivity index (χ1n) is 9.79. The van der Waals surface area contributed by atoms with Crippen LogP contribution < -0.4 is 10.2 Å². The minimum Gasteiger partial charge on any atom is -0.384 e. The van der Waals surface area contributed by atoms with E-state index in [9.17, 15) is 10.1 Å². The molecule has 0 radical (unpaired) electrons. The van der Waals surface area contributed by atoms with Crippen LogP contribution in [0.15, 0.2) is 74.9 Å². The quantitative estimate of drug-likeness (QED) is 0.505. The molecule has 1 N–H and O–H groups in total. The van der Waals surface area contributed by atoms with Gasteiger partial charge in [-0.25, -0.2) is 4.99 Å². The van der Waals surface area contributed by atoms with Crippen LogP contribution >= 0.6 is 23.5 Å². The Morgan fingerprint density at radius 2 is 2.06 bits per heavy atom. The summed E-state index contributed by atoms with van der Waals surface area (Å²) in [5, 5.41) is 14.0. The Kier molecular flexibility index (Phi) is 6.07. The largest absolute Gasteiger partial charge is 0.384 e. The number of aliphatic imine (C=N–C) groups is 1. The number of carbonyl (C=O) groups is 1. The molecular weight excluding hydrogens is 426 g/mol. The smallest absolute Gasteiger partial charge is 0.269 e. The Hall–Kier alpha value is -3.15. The van der Waals surface area contributed by atoms with Crippen molar-refractivity contribution in [3.63, 3.8) is 0 Å². The summed E-state index contributed by atoms with van der Waals surface area (Å²) < 4.78 is 0. The second-order valence-corrected chi connectivity index (χ2v) is 8.85. The Bertz CT molecular complexity index is 1160. The average Bonchev–Trinajstić information content (AvgIpc) is 3.27. The number of carbonyl (C=O) groups excluding carboxylic acids is 1. The molecule has 0 unspecified atom stereocenters. The topological polar surface area (TPSA) is 71.7 Å². The van der Waals surface area contributed by atoms with Gasteiger partial charge < -0.3 is 10.2 Å². The molecule has 6 nitrogen and oxygen atoms in total. The van der Waals surface area contributed by atoms with Crippen molar-refractivity contribution < 1.29 is 4.79 Å². The molecule has 4 rings (SSSR count). The number of amidine groups is 1. The molecule has 2 aliphatic rings. The highest BCUT2D eigenvalue weighted by molar-refractivity contribution is 8.19. The number of nitrogens with one attached hydrogen (secondary N) is 1. The normalized spacial score (nSPS) is 19.0. The average molecular weight is 448 g/mol. The van der Waals surface area contributed by atoms with Crippen molar-refractivity contribution in [3.05, 3.63) is 70.6 Å². The number of nitrogens with zero attached hydrogens (tertiary/aromatic N) is 4. The first-order valence-corrected chi connectivity index (χ1v) is 11.4. The summed E-state index contributed by atoms with van der Waals surface area (Å²) >= 11 is 2.95. The summed E-state index contributed by atoms with van der Waals surface area (Å²) in [5.41, 5.74) is 3.06. The van der Waals surface area contributed by atoms with Crippen LogP contribution in [-0.4, -0.2) is 36.1 Å². The third-order valence-corrected chi connectivity index (χ3v) is 7.25. The zero-order chi connectivity index (χ0) is 22.0. The van der Waals surface area contributed by atoms with Crippen molar-refractivity contribution in [2.75, 3.05) is 30.4 Å². The minimum absolute atomic E-state index is 0.0905. The standard InChI is InChI=1S/C23H21N5OS2/c1-4-12-28-21(29)20(22-27(3)18-8-6-7-9-19(18)30-22)31-23(28)26-17-13-15(14-24)10-11-16(17)25-5-2/h4,6-11,13,25H,1,5,12H2,2-3H3. The summed E-state index contributed by atoms with van der Waals surface area (Å²) in [7, 11) is 1.97. The van der Waals surface area contributed by atoms with E-state index in [2.05, 4.69) is 28.9 Å². The maximum atomic E-state index is 13.3. The van der Waals surface area contributed by atoms with Crippen LogP contribution in [0.1, 0.15) is 12.5 Å². The fraction of sp³-hybridized carbons (Fsp3) is 0.174. The Balaban J connectivity index is 1.77. The number of benzene rings is 2. The third-order valence-electron chi connectivity index (χ3n) is 4.82. The van der Waals surface area contributed by atoms with Gasteiger partial charge in [-0.1, -0.05) is 30.0 Å². The molecule has 0 atom stereocenters. The van der Waals surface area contributed by atoms with Gasteiger partial charge in [0.1, 0.15) is 4.91 Å². The van der Waals surface area contributed by atoms with Gasteiger partial charge in [-0.15, -0.1) is 6.58 Å². The van der Waals surface area contributed by atoms with E-state index in [1.807, 2.05) is 38.2 Å². The number of para-hydroxylation sites is 1. The number of fused-ring (bicyclic) bond motifs is 1. The number of nitriles is 1. The maximum absolute atomic E-state index is 13.3. The molecule has 31 heavy (non-hydrogen) atoms. The predicted octanol–water partition coefficient (Wildman–Crippen LogP) is 5.15. The van der Waals surface area contributed by atoms with Gasteiger partial charge >= 0.3 is 0 Å². The van der Waals surface area contributed by atoms with E-state index in [4.69, 9.17) is 4.99 Å². The van der Waals surface area contributed by atoms with Crippen LogP contribution in [0.5, 0.6) is 0 Å². The molecule has 1 saturated heterocycles. The molecule has 0 aromatic heterocycles.